The van der Waals surface area contributed by atoms with E-state index < -0.39 is 6.10 Å². The quantitative estimate of drug-likeness (QED) is 0.616. The fourth-order valence-electron chi connectivity index (χ4n) is 3.58. The molecular formula is C23H34N4O4. The molecule has 0 saturated carbocycles. The minimum Gasteiger partial charge on any atom is -0.447 e. The second kappa shape index (κ2) is 11.4. The van der Waals surface area contributed by atoms with Crippen LogP contribution < -0.4 is 0 Å². The molecule has 1 aliphatic heterocycles. The molecule has 0 bridgehead atoms. The Bertz CT molecular complexity index is 803. The van der Waals surface area contributed by atoms with Crippen LogP contribution in [-0.2, 0) is 17.8 Å². The lowest BCUT2D eigenvalue weighted by atomic mass is 10.2. The van der Waals surface area contributed by atoms with Gasteiger partial charge >= 0.3 is 0 Å². The number of hydrogen-bond donors (Lipinski definition) is 1. The van der Waals surface area contributed by atoms with Crippen molar-refractivity contribution in [1.29, 1.82) is 0 Å². The Kier molecular flexibility index (Phi) is 8.60. The maximum absolute atomic E-state index is 12.6. The summed E-state index contributed by atoms with van der Waals surface area (Å²) in [6.07, 6.45) is 1.10. The van der Waals surface area contributed by atoms with Crippen molar-refractivity contribution in [3.05, 3.63) is 53.7 Å². The number of rotatable bonds is 10. The number of ether oxygens (including phenoxy) is 1. The first-order valence-electron chi connectivity index (χ1n) is 10.9. The molecule has 8 nitrogen and oxygen atoms in total. The number of β-amino-alcohol motifs (C(OH)–C–C–N with tert-alkyl or cyclic N) is 1. The third-order valence-electron chi connectivity index (χ3n) is 5.29. The first kappa shape index (κ1) is 23.4. The van der Waals surface area contributed by atoms with Gasteiger partial charge in [0.25, 0.3) is 5.91 Å². The summed E-state index contributed by atoms with van der Waals surface area (Å²) in [6, 6.07) is 9.87. The lowest BCUT2D eigenvalue weighted by Crippen LogP contribution is -2.48. The molecular weight excluding hydrogens is 396 g/mol. The first-order valence-corrected chi connectivity index (χ1v) is 10.9. The second-order valence-corrected chi connectivity index (χ2v) is 8.39. The van der Waals surface area contributed by atoms with Crippen LogP contribution in [0.4, 0.5) is 0 Å². The van der Waals surface area contributed by atoms with Crippen LogP contribution in [0.15, 0.2) is 41.0 Å². The topological polar surface area (TPSA) is 82.3 Å². The van der Waals surface area contributed by atoms with Crippen molar-refractivity contribution in [1.82, 2.24) is 19.7 Å². The van der Waals surface area contributed by atoms with E-state index in [1.807, 2.05) is 44.2 Å². The van der Waals surface area contributed by atoms with Gasteiger partial charge in [-0.15, -0.1) is 0 Å². The van der Waals surface area contributed by atoms with E-state index in [0.717, 1.165) is 31.7 Å². The molecule has 1 saturated heterocycles. The number of aromatic nitrogens is 1. The summed E-state index contributed by atoms with van der Waals surface area (Å²) in [6.45, 7) is 9.46. The minimum absolute atomic E-state index is 0.127. The number of piperazine rings is 1. The van der Waals surface area contributed by atoms with Gasteiger partial charge in [-0.1, -0.05) is 30.3 Å². The molecule has 1 amide bonds. The Balaban J connectivity index is 1.42. The number of aliphatic hydroxyl groups excluding tert-OH is 1. The van der Waals surface area contributed by atoms with Crippen LogP contribution >= 0.6 is 0 Å². The Morgan fingerprint density at radius 3 is 2.55 bits per heavy atom. The predicted molar refractivity (Wildman–Crippen MR) is 118 cm³/mol. The van der Waals surface area contributed by atoms with Crippen molar-refractivity contribution in [3.8, 4) is 0 Å². The molecule has 1 unspecified atom stereocenters. The lowest BCUT2D eigenvalue weighted by Gasteiger charge is -2.35. The minimum atomic E-state index is -0.470. The molecule has 2 aromatic rings. The molecule has 2 heterocycles. The van der Waals surface area contributed by atoms with E-state index in [2.05, 4.69) is 14.8 Å². The number of aliphatic hydroxyl groups is 1. The maximum Gasteiger partial charge on any atom is 0.275 e. The van der Waals surface area contributed by atoms with Crippen LogP contribution in [-0.4, -0.2) is 89.3 Å². The molecule has 1 fully saturated rings. The van der Waals surface area contributed by atoms with Crippen molar-refractivity contribution < 1.29 is 19.1 Å². The molecule has 0 spiro atoms. The van der Waals surface area contributed by atoms with E-state index in [1.165, 1.54) is 6.26 Å². The van der Waals surface area contributed by atoms with Crippen LogP contribution in [0, 0.1) is 0 Å². The van der Waals surface area contributed by atoms with E-state index >= 15 is 0 Å². The fraction of sp³-hybridized carbons (Fsp3) is 0.565. The van der Waals surface area contributed by atoms with Gasteiger partial charge in [0.1, 0.15) is 6.26 Å². The van der Waals surface area contributed by atoms with Crippen molar-refractivity contribution >= 4 is 5.91 Å². The summed E-state index contributed by atoms with van der Waals surface area (Å²) < 4.78 is 11.0. The standard InChI is InChI=1S/C23H34N4O4/c1-18(2)30-16-20(28)14-26-9-11-27(12-10-26)15-22-24-21(17-31-22)23(29)25(3)13-19-7-5-4-6-8-19/h4-8,17-18,20,28H,9-16H2,1-3H3. The van der Waals surface area contributed by atoms with Gasteiger partial charge in [-0.05, 0) is 19.4 Å². The van der Waals surface area contributed by atoms with Crippen molar-refractivity contribution in [2.45, 2.75) is 39.1 Å². The third kappa shape index (κ3) is 7.43. The highest BCUT2D eigenvalue weighted by Crippen LogP contribution is 2.12. The summed E-state index contributed by atoms with van der Waals surface area (Å²) >= 11 is 0. The molecule has 1 aromatic heterocycles. The molecule has 0 aliphatic carbocycles. The molecule has 3 rings (SSSR count). The highest BCUT2D eigenvalue weighted by atomic mass is 16.5. The molecule has 1 atom stereocenters. The summed E-state index contributed by atoms with van der Waals surface area (Å²) in [5.74, 6) is 0.400. The summed E-state index contributed by atoms with van der Waals surface area (Å²) in [5.41, 5.74) is 1.40. The number of benzene rings is 1. The van der Waals surface area contributed by atoms with Crippen molar-refractivity contribution in [2.24, 2.45) is 0 Å². The first-order chi connectivity index (χ1) is 14.9. The number of carbonyl (C=O) groups excluding carboxylic acids is 1. The maximum atomic E-state index is 12.6. The van der Waals surface area contributed by atoms with Gasteiger partial charge in [0, 0.05) is 46.3 Å². The molecule has 1 aliphatic rings. The fourth-order valence-corrected chi connectivity index (χ4v) is 3.58. The molecule has 8 heteroatoms. The van der Waals surface area contributed by atoms with E-state index in [-0.39, 0.29) is 12.0 Å². The zero-order chi connectivity index (χ0) is 22.2. The Labute approximate surface area is 184 Å². The zero-order valence-corrected chi connectivity index (χ0v) is 18.7. The van der Waals surface area contributed by atoms with Crippen LogP contribution in [0.25, 0.3) is 0 Å². The molecule has 170 valence electrons. The van der Waals surface area contributed by atoms with Gasteiger partial charge < -0.3 is 19.2 Å². The average Bonchev–Trinajstić information content (AvgIpc) is 3.22. The Morgan fingerprint density at radius 1 is 1.19 bits per heavy atom. The monoisotopic (exact) mass is 430 g/mol. The van der Waals surface area contributed by atoms with Gasteiger partial charge in [0.15, 0.2) is 5.69 Å². The number of nitrogens with zero attached hydrogens (tertiary/aromatic N) is 4. The van der Waals surface area contributed by atoms with Crippen molar-refractivity contribution in [3.63, 3.8) is 0 Å². The largest absolute Gasteiger partial charge is 0.447 e. The summed E-state index contributed by atoms with van der Waals surface area (Å²) in [5, 5.41) is 10.1. The Morgan fingerprint density at radius 2 is 1.87 bits per heavy atom. The summed E-state index contributed by atoms with van der Waals surface area (Å²) in [7, 11) is 1.77. The number of hydrogen-bond acceptors (Lipinski definition) is 7. The third-order valence-corrected chi connectivity index (χ3v) is 5.29. The van der Waals surface area contributed by atoms with Crippen LogP contribution in [0.5, 0.6) is 0 Å². The van der Waals surface area contributed by atoms with Gasteiger partial charge in [-0.25, -0.2) is 4.98 Å². The normalized spacial score (nSPS) is 16.5. The molecule has 1 N–H and O–H groups in total. The lowest BCUT2D eigenvalue weighted by molar-refractivity contribution is -0.0151. The van der Waals surface area contributed by atoms with Gasteiger partial charge in [-0.3, -0.25) is 14.6 Å². The number of oxazole rings is 1. The molecule has 31 heavy (non-hydrogen) atoms. The smallest absolute Gasteiger partial charge is 0.275 e. The van der Waals surface area contributed by atoms with Crippen LogP contribution in [0.1, 0.15) is 35.8 Å². The molecule has 0 radical (unpaired) electrons. The average molecular weight is 431 g/mol. The predicted octanol–water partition coefficient (Wildman–Crippen LogP) is 1.85. The van der Waals surface area contributed by atoms with Gasteiger partial charge in [0.2, 0.25) is 5.89 Å². The van der Waals surface area contributed by atoms with Gasteiger partial charge in [-0.2, -0.15) is 0 Å². The van der Waals surface area contributed by atoms with Gasteiger partial charge in [0.05, 0.1) is 25.4 Å². The highest BCUT2D eigenvalue weighted by Gasteiger charge is 2.22. The Hall–Kier alpha value is -2.26. The highest BCUT2D eigenvalue weighted by molar-refractivity contribution is 5.91. The second-order valence-electron chi connectivity index (χ2n) is 8.39. The number of carbonyl (C=O) groups is 1. The van der Waals surface area contributed by atoms with E-state index in [4.69, 9.17) is 9.15 Å². The number of amides is 1. The van der Waals surface area contributed by atoms with Crippen LogP contribution in [0.3, 0.4) is 0 Å². The summed E-state index contributed by atoms with van der Waals surface area (Å²) in [4.78, 5) is 23.2. The molecule has 1 aromatic carbocycles. The van der Waals surface area contributed by atoms with E-state index in [0.29, 0.717) is 37.8 Å². The van der Waals surface area contributed by atoms with E-state index in [9.17, 15) is 9.90 Å². The SMILES string of the molecule is CC(C)OCC(O)CN1CCN(Cc2nc(C(=O)N(C)Cc3ccccc3)co2)CC1. The van der Waals surface area contributed by atoms with E-state index in [1.54, 1.807) is 11.9 Å². The van der Waals surface area contributed by atoms with Crippen molar-refractivity contribution in [2.75, 3.05) is 46.4 Å². The van der Waals surface area contributed by atoms with Crippen LogP contribution in [0.2, 0.25) is 0 Å². The zero-order valence-electron chi connectivity index (χ0n) is 18.7.